The average molecular weight is 291 g/mol. The standard InChI is InChI=1S/C14H11F2N3O2/c1-2-18-7-17-5-9(18)6-19-12-10(13(20)14(19)21)3-8(15)4-11(12)16/h3-5,7H,2,6H2,1H3. The molecule has 7 heteroatoms. The van der Waals surface area contributed by atoms with Gasteiger partial charge in [0.15, 0.2) is 5.82 Å². The third-order valence-electron chi connectivity index (χ3n) is 3.44. The molecule has 108 valence electrons. The van der Waals surface area contributed by atoms with E-state index in [9.17, 15) is 18.4 Å². The van der Waals surface area contributed by atoms with Crippen LogP contribution < -0.4 is 4.90 Å². The molecule has 5 nitrogen and oxygen atoms in total. The minimum atomic E-state index is -0.924. The van der Waals surface area contributed by atoms with Gasteiger partial charge in [-0.05, 0) is 13.0 Å². The summed E-state index contributed by atoms with van der Waals surface area (Å²) in [5, 5.41) is 0. The Hall–Kier alpha value is -2.57. The van der Waals surface area contributed by atoms with E-state index in [4.69, 9.17) is 0 Å². The molecule has 0 bridgehead atoms. The average Bonchev–Trinajstić information content (AvgIpc) is 2.98. The number of ketones is 1. The number of carbonyl (C=O) groups is 2. The molecule has 1 aromatic heterocycles. The number of Topliss-reactive ketones (excluding diaryl/α,β-unsaturated/α-hetero) is 1. The molecule has 0 saturated heterocycles. The number of nitrogens with zero attached hydrogens (tertiary/aromatic N) is 3. The van der Waals surface area contributed by atoms with E-state index in [1.165, 1.54) is 0 Å². The van der Waals surface area contributed by atoms with Gasteiger partial charge in [0.25, 0.3) is 11.7 Å². The molecule has 2 heterocycles. The predicted molar refractivity (Wildman–Crippen MR) is 69.8 cm³/mol. The maximum atomic E-state index is 14.0. The first-order chi connectivity index (χ1) is 10.0. The lowest BCUT2D eigenvalue weighted by Gasteiger charge is -2.17. The van der Waals surface area contributed by atoms with Crippen molar-refractivity contribution < 1.29 is 18.4 Å². The first kappa shape index (κ1) is 13.4. The molecule has 0 atom stereocenters. The van der Waals surface area contributed by atoms with Crippen LogP contribution in [0.5, 0.6) is 0 Å². The predicted octanol–water partition coefficient (Wildman–Crippen LogP) is 1.91. The summed E-state index contributed by atoms with van der Waals surface area (Å²) in [4.78, 5) is 28.8. The molecule has 0 spiro atoms. The van der Waals surface area contributed by atoms with E-state index in [2.05, 4.69) is 4.98 Å². The van der Waals surface area contributed by atoms with Crippen molar-refractivity contribution in [3.63, 3.8) is 0 Å². The van der Waals surface area contributed by atoms with Crippen LogP contribution in [0, 0.1) is 11.6 Å². The molecule has 0 saturated carbocycles. The Bertz CT molecular complexity index is 755. The number of hydrogen-bond acceptors (Lipinski definition) is 3. The van der Waals surface area contributed by atoms with Crippen LogP contribution in [0.15, 0.2) is 24.7 Å². The molecule has 0 fully saturated rings. The second-order valence-corrected chi connectivity index (χ2v) is 4.68. The Kier molecular flexibility index (Phi) is 3.04. The number of hydrogen-bond donors (Lipinski definition) is 0. The van der Waals surface area contributed by atoms with E-state index >= 15 is 0 Å². The zero-order valence-corrected chi connectivity index (χ0v) is 11.1. The molecule has 0 aliphatic carbocycles. The van der Waals surface area contributed by atoms with Gasteiger partial charge in [0, 0.05) is 18.8 Å². The van der Waals surface area contributed by atoms with Gasteiger partial charge >= 0.3 is 0 Å². The highest BCUT2D eigenvalue weighted by molar-refractivity contribution is 6.52. The number of halogens is 2. The Morgan fingerprint density at radius 3 is 2.71 bits per heavy atom. The van der Waals surface area contributed by atoms with Gasteiger partial charge in [0.1, 0.15) is 5.82 Å². The molecule has 1 aromatic carbocycles. The third kappa shape index (κ3) is 2.01. The van der Waals surface area contributed by atoms with Gasteiger partial charge in [-0.2, -0.15) is 0 Å². The fourth-order valence-corrected chi connectivity index (χ4v) is 2.43. The number of carbonyl (C=O) groups excluding carboxylic acids is 2. The van der Waals surface area contributed by atoms with Gasteiger partial charge in [0.05, 0.1) is 29.8 Å². The number of anilines is 1. The van der Waals surface area contributed by atoms with E-state index in [-0.39, 0.29) is 17.8 Å². The van der Waals surface area contributed by atoms with Gasteiger partial charge in [0.2, 0.25) is 0 Å². The zero-order valence-electron chi connectivity index (χ0n) is 11.1. The number of rotatable bonds is 3. The van der Waals surface area contributed by atoms with Gasteiger partial charge in [-0.15, -0.1) is 0 Å². The molecule has 1 amide bonds. The Balaban J connectivity index is 2.06. The van der Waals surface area contributed by atoms with Crippen molar-refractivity contribution in [3.05, 3.63) is 47.5 Å². The first-order valence-electron chi connectivity index (χ1n) is 6.37. The normalized spacial score (nSPS) is 14.0. The van der Waals surface area contributed by atoms with Crippen LogP contribution in [-0.4, -0.2) is 21.2 Å². The van der Waals surface area contributed by atoms with Gasteiger partial charge in [-0.1, -0.05) is 0 Å². The molecule has 3 rings (SSSR count). The molecular formula is C14H11F2N3O2. The summed E-state index contributed by atoms with van der Waals surface area (Å²) >= 11 is 0. The smallest absolute Gasteiger partial charge is 0.299 e. The SMILES string of the molecule is CCn1cncc1CN1C(=O)C(=O)c2cc(F)cc(F)c21. The maximum absolute atomic E-state index is 14.0. The van der Waals surface area contributed by atoms with Crippen molar-refractivity contribution in [2.24, 2.45) is 0 Å². The van der Waals surface area contributed by atoms with E-state index in [0.29, 0.717) is 18.3 Å². The van der Waals surface area contributed by atoms with Crippen molar-refractivity contribution >= 4 is 17.4 Å². The summed E-state index contributed by atoms with van der Waals surface area (Å²) in [7, 11) is 0. The van der Waals surface area contributed by atoms with Crippen molar-refractivity contribution in [3.8, 4) is 0 Å². The Morgan fingerprint density at radius 1 is 1.24 bits per heavy atom. The molecule has 2 aromatic rings. The second-order valence-electron chi connectivity index (χ2n) is 4.68. The summed E-state index contributed by atoms with van der Waals surface area (Å²) in [5.41, 5.74) is 0.255. The van der Waals surface area contributed by atoms with Crippen LogP contribution in [0.25, 0.3) is 0 Å². The molecule has 0 N–H and O–H groups in total. The lowest BCUT2D eigenvalue weighted by molar-refractivity contribution is -0.114. The minimum Gasteiger partial charge on any atom is -0.333 e. The third-order valence-corrected chi connectivity index (χ3v) is 3.44. The van der Waals surface area contributed by atoms with E-state index in [1.807, 2.05) is 6.92 Å². The second kappa shape index (κ2) is 4.76. The van der Waals surface area contributed by atoms with Gasteiger partial charge in [-0.3, -0.25) is 14.5 Å². The monoisotopic (exact) mass is 291 g/mol. The highest BCUT2D eigenvalue weighted by Crippen LogP contribution is 2.33. The molecule has 0 radical (unpaired) electrons. The Labute approximate surface area is 118 Å². The number of fused-ring (bicyclic) bond motifs is 1. The number of imidazole rings is 1. The fraction of sp³-hybridized carbons (Fsp3) is 0.214. The van der Waals surface area contributed by atoms with E-state index < -0.39 is 23.3 Å². The summed E-state index contributed by atoms with van der Waals surface area (Å²) in [5.74, 6) is -3.57. The summed E-state index contributed by atoms with van der Waals surface area (Å²) in [6.07, 6.45) is 3.13. The lowest BCUT2D eigenvalue weighted by atomic mass is 10.1. The molecule has 1 aliphatic rings. The van der Waals surface area contributed by atoms with Crippen LogP contribution in [0.4, 0.5) is 14.5 Å². The largest absolute Gasteiger partial charge is 0.333 e. The number of benzene rings is 1. The highest BCUT2D eigenvalue weighted by atomic mass is 19.1. The topological polar surface area (TPSA) is 55.2 Å². The molecule has 1 aliphatic heterocycles. The van der Waals surface area contributed by atoms with Crippen LogP contribution in [-0.2, 0) is 17.9 Å². The van der Waals surface area contributed by atoms with Crippen molar-refractivity contribution in [1.29, 1.82) is 0 Å². The van der Waals surface area contributed by atoms with E-state index in [1.54, 1.807) is 17.1 Å². The zero-order chi connectivity index (χ0) is 15.1. The maximum Gasteiger partial charge on any atom is 0.299 e. The highest BCUT2D eigenvalue weighted by Gasteiger charge is 2.39. The first-order valence-corrected chi connectivity index (χ1v) is 6.37. The molecule has 0 unspecified atom stereocenters. The summed E-state index contributed by atoms with van der Waals surface area (Å²) in [6, 6.07) is 1.55. The molecular weight excluding hydrogens is 280 g/mol. The number of aromatic nitrogens is 2. The minimum absolute atomic E-state index is 0.00790. The van der Waals surface area contributed by atoms with Crippen molar-refractivity contribution in [2.75, 3.05) is 4.90 Å². The molecule has 21 heavy (non-hydrogen) atoms. The van der Waals surface area contributed by atoms with Crippen molar-refractivity contribution in [2.45, 2.75) is 20.0 Å². The van der Waals surface area contributed by atoms with Crippen LogP contribution in [0.3, 0.4) is 0 Å². The van der Waals surface area contributed by atoms with Crippen LogP contribution in [0.2, 0.25) is 0 Å². The van der Waals surface area contributed by atoms with E-state index in [0.717, 1.165) is 11.0 Å². The van der Waals surface area contributed by atoms with Gasteiger partial charge in [-0.25, -0.2) is 13.8 Å². The number of amides is 1. The number of aryl methyl sites for hydroxylation is 1. The van der Waals surface area contributed by atoms with Gasteiger partial charge < -0.3 is 4.57 Å². The van der Waals surface area contributed by atoms with Crippen LogP contribution >= 0.6 is 0 Å². The lowest BCUT2D eigenvalue weighted by Crippen LogP contribution is -2.30. The summed E-state index contributed by atoms with van der Waals surface area (Å²) in [6.45, 7) is 2.53. The summed E-state index contributed by atoms with van der Waals surface area (Å²) < 4.78 is 28.9. The fourth-order valence-electron chi connectivity index (χ4n) is 2.43. The van der Waals surface area contributed by atoms with Crippen molar-refractivity contribution in [1.82, 2.24) is 9.55 Å². The quantitative estimate of drug-likeness (QED) is 0.812. The Morgan fingerprint density at radius 2 is 2.00 bits per heavy atom. The van der Waals surface area contributed by atoms with Crippen LogP contribution in [0.1, 0.15) is 23.0 Å².